The highest BCUT2D eigenvalue weighted by Crippen LogP contribution is 2.33. The van der Waals surface area contributed by atoms with Gasteiger partial charge in [-0.2, -0.15) is 0 Å². The van der Waals surface area contributed by atoms with Crippen LogP contribution in [-0.2, 0) is 11.3 Å². The van der Waals surface area contributed by atoms with Gasteiger partial charge in [0.15, 0.2) is 17.3 Å². The summed E-state index contributed by atoms with van der Waals surface area (Å²) in [6, 6.07) is 9.79. The highest BCUT2D eigenvalue weighted by atomic mass is 16.7. The van der Waals surface area contributed by atoms with E-state index < -0.39 is 0 Å². The summed E-state index contributed by atoms with van der Waals surface area (Å²) in [6.45, 7) is 9.01. The van der Waals surface area contributed by atoms with Crippen molar-refractivity contribution in [3.8, 4) is 11.5 Å². The summed E-state index contributed by atoms with van der Waals surface area (Å²) in [7, 11) is 0. The molecular formula is C23H30N4O3. The fourth-order valence-electron chi connectivity index (χ4n) is 3.73. The first-order chi connectivity index (χ1) is 14.4. The molecule has 1 aromatic heterocycles. The zero-order valence-corrected chi connectivity index (χ0v) is 18.0. The number of benzene rings is 1. The van der Waals surface area contributed by atoms with Gasteiger partial charge in [0.2, 0.25) is 12.7 Å². The molecule has 0 unspecified atom stereocenters. The molecule has 0 aliphatic carbocycles. The zero-order chi connectivity index (χ0) is 21.1. The average Bonchev–Trinajstić information content (AvgIpc) is 3.37. The third kappa shape index (κ3) is 4.96. The minimum Gasteiger partial charge on any atom is -0.454 e. The van der Waals surface area contributed by atoms with E-state index in [1.165, 1.54) is 0 Å². The fraction of sp³-hybridized carbons (Fsp3) is 0.478. The number of hydrogen-bond donors (Lipinski definition) is 2. The Morgan fingerprint density at radius 2 is 1.87 bits per heavy atom. The van der Waals surface area contributed by atoms with Crippen LogP contribution in [0.2, 0.25) is 0 Å². The molecule has 2 aromatic rings. The van der Waals surface area contributed by atoms with Crippen molar-refractivity contribution in [2.24, 2.45) is 5.41 Å². The van der Waals surface area contributed by atoms with Crippen molar-refractivity contribution in [1.29, 1.82) is 0 Å². The molecule has 7 heteroatoms. The Labute approximate surface area is 177 Å². The number of fused-ring (bicyclic) bond motifs is 1. The van der Waals surface area contributed by atoms with Gasteiger partial charge in [-0.1, -0.05) is 26.8 Å². The largest absolute Gasteiger partial charge is 0.454 e. The maximum absolute atomic E-state index is 12.5. The quantitative estimate of drug-likeness (QED) is 0.735. The van der Waals surface area contributed by atoms with Crippen LogP contribution in [0, 0.1) is 5.41 Å². The van der Waals surface area contributed by atoms with E-state index in [1.807, 2.05) is 30.3 Å². The molecule has 3 heterocycles. The van der Waals surface area contributed by atoms with Gasteiger partial charge in [0, 0.05) is 26.1 Å². The molecule has 2 aliphatic heterocycles. The molecule has 2 aliphatic rings. The highest BCUT2D eigenvalue weighted by molar-refractivity contribution is 5.94. The second kappa shape index (κ2) is 8.42. The second-order valence-electron chi connectivity index (χ2n) is 9.09. The first kappa shape index (κ1) is 20.3. The Bertz CT molecular complexity index is 917. The molecule has 160 valence electrons. The third-order valence-electron chi connectivity index (χ3n) is 5.16. The smallest absolute Gasteiger partial charge is 0.231 e. The van der Waals surface area contributed by atoms with Crippen molar-refractivity contribution < 1.29 is 14.3 Å². The molecule has 0 atom stereocenters. The number of rotatable bonds is 6. The van der Waals surface area contributed by atoms with Crippen molar-refractivity contribution in [3.63, 3.8) is 0 Å². The maximum Gasteiger partial charge on any atom is 0.231 e. The normalized spacial score (nSPS) is 15.4. The minimum atomic E-state index is -0.0581. The standard InChI is InChI=1S/C23H30N4O3/c1-23(2,3)13-21(28)25-17-7-9-20(26-22(17)27-10-4-5-11-27)24-14-16-6-8-18-19(12-16)30-15-29-18/h6-9,12H,4-5,10-11,13-15H2,1-3H3,(H,24,26)(H,25,28). The number of nitrogens with one attached hydrogen (secondary N) is 2. The van der Waals surface area contributed by atoms with E-state index in [4.69, 9.17) is 14.5 Å². The predicted molar refractivity (Wildman–Crippen MR) is 118 cm³/mol. The van der Waals surface area contributed by atoms with Crippen molar-refractivity contribution in [3.05, 3.63) is 35.9 Å². The number of anilines is 3. The Kier molecular flexibility index (Phi) is 5.70. The second-order valence-corrected chi connectivity index (χ2v) is 9.09. The molecule has 0 saturated carbocycles. The molecule has 7 nitrogen and oxygen atoms in total. The molecule has 1 fully saturated rings. The van der Waals surface area contributed by atoms with Crippen LogP contribution in [0.4, 0.5) is 17.3 Å². The van der Waals surface area contributed by atoms with Crippen LogP contribution >= 0.6 is 0 Å². The molecule has 0 radical (unpaired) electrons. The lowest BCUT2D eigenvalue weighted by molar-refractivity contribution is -0.117. The van der Waals surface area contributed by atoms with Gasteiger partial charge in [0.1, 0.15) is 5.82 Å². The Morgan fingerprint density at radius 1 is 1.10 bits per heavy atom. The van der Waals surface area contributed by atoms with Gasteiger partial charge in [0.05, 0.1) is 5.69 Å². The van der Waals surface area contributed by atoms with Gasteiger partial charge in [-0.15, -0.1) is 0 Å². The van der Waals surface area contributed by atoms with Crippen LogP contribution < -0.4 is 25.0 Å². The maximum atomic E-state index is 12.5. The number of pyridine rings is 1. The third-order valence-corrected chi connectivity index (χ3v) is 5.16. The summed E-state index contributed by atoms with van der Waals surface area (Å²) in [5.41, 5.74) is 1.81. The van der Waals surface area contributed by atoms with Gasteiger partial charge in [-0.05, 0) is 48.1 Å². The lowest BCUT2D eigenvalue weighted by Crippen LogP contribution is -2.24. The molecule has 1 saturated heterocycles. The van der Waals surface area contributed by atoms with Crippen molar-refractivity contribution in [2.45, 2.75) is 46.6 Å². The van der Waals surface area contributed by atoms with E-state index in [0.717, 1.165) is 60.3 Å². The number of amides is 1. The topological polar surface area (TPSA) is 75.7 Å². The van der Waals surface area contributed by atoms with Gasteiger partial charge in [0.25, 0.3) is 0 Å². The first-order valence-corrected chi connectivity index (χ1v) is 10.6. The number of carbonyl (C=O) groups excluding carboxylic acids is 1. The summed E-state index contributed by atoms with van der Waals surface area (Å²) >= 11 is 0. The highest BCUT2D eigenvalue weighted by Gasteiger charge is 2.21. The van der Waals surface area contributed by atoms with Crippen molar-refractivity contribution >= 4 is 23.2 Å². The number of hydrogen-bond acceptors (Lipinski definition) is 6. The van der Waals surface area contributed by atoms with Gasteiger partial charge < -0.3 is 25.0 Å². The average molecular weight is 411 g/mol. The number of carbonyl (C=O) groups is 1. The van der Waals surface area contributed by atoms with E-state index in [-0.39, 0.29) is 18.1 Å². The first-order valence-electron chi connectivity index (χ1n) is 10.6. The molecule has 1 aromatic carbocycles. The van der Waals surface area contributed by atoms with Gasteiger partial charge in [-0.3, -0.25) is 4.79 Å². The number of aromatic nitrogens is 1. The van der Waals surface area contributed by atoms with E-state index in [0.29, 0.717) is 13.0 Å². The van der Waals surface area contributed by atoms with Crippen LogP contribution in [0.1, 0.15) is 45.6 Å². The minimum absolute atomic E-state index is 0.0193. The molecule has 0 bridgehead atoms. The van der Waals surface area contributed by atoms with Crippen LogP contribution in [0.25, 0.3) is 0 Å². The molecule has 2 N–H and O–H groups in total. The van der Waals surface area contributed by atoms with Crippen LogP contribution in [0.3, 0.4) is 0 Å². The van der Waals surface area contributed by atoms with E-state index >= 15 is 0 Å². The lowest BCUT2D eigenvalue weighted by Gasteiger charge is -2.23. The van der Waals surface area contributed by atoms with Crippen molar-refractivity contribution in [2.75, 3.05) is 35.4 Å². The monoisotopic (exact) mass is 410 g/mol. The summed E-state index contributed by atoms with van der Waals surface area (Å²) < 4.78 is 10.8. The number of nitrogens with zero attached hydrogens (tertiary/aromatic N) is 2. The fourth-order valence-corrected chi connectivity index (χ4v) is 3.73. The summed E-state index contributed by atoms with van der Waals surface area (Å²) in [5.74, 6) is 3.19. The summed E-state index contributed by atoms with van der Waals surface area (Å²) in [4.78, 5) is 19.6. The number of ether oxygens (including phenoxy) is 2. The molecule has 30 heavy (non-hydrogen) atoms. The lowest BCUT2D eigenvalue weighted by atomic mass is 9.92. The Morgan fingerprint density at radius 3 is 2.63 bits per heavy atom. The Hall–Kier alpha value is -2.96. The van der Waals surface area contributed by atoms with E-state index in [2.05, 4.69) is 36.3 Å². The molecule has 4 rings (SSSR count). The van der Waals surface area contributed by atoms with Gasteiger partial charge >= 0.3 is 0 Å². The van der Waals surface area contributed by atoms with Gasteiger partial charge in [-0.25, -0.2) is 4.98 Å². The van der Waals surface area contributed by atoms with E-state index in [9.17, 15) is 4.79 Å². The summed E-state index contributed by atoms with van der Waals surface area (Å²) in [6.07, 6.45) is 2.76. The van der Waals surface area contributed by atoms with E-state index in [1.54, 1.807) is 0 Å². The SMILES string of the molecule is CC(C)(C)CC(=O)Nc1ccc(NCc2ccc3c(c2)OCO3)nc1N1CCCC1. The van der Waals surface area contributed by atoms with Crippen LogP contribution in [-0.4, -0.2) is 30.8 Å². The zero-order valence-electron chi connectivity index (χ0n) is 18.0. The van der Waals surface area contributed by atoms with Crippen molar-refractivity contribution in [1.82, 2.24) is 4.98 Å². The molecule has 0 spiro atoms. The molecule has 1 amide bonds. The van der Waals surface area contributed by atoms with Crippen LogP contribution in [0.15, 0.2) is 30.3 Å². The molecular weight excluding hydrogens is 380 g/mol. The van der Waals surface area contributed by atoms with Crippen LogP contribution in [0.5, 0.6) is 11.5 Å². The summed E-state index contributed by atoms with van der Waals surface area (Å²) in [5, 5.41) is 6.46. The Balaban J connectivity index is 1.48. The predicted octanol–water partition coefficient (Wildman–Crippen LogP) is 4.40.